The van der Waals surface area contributed by atoms with Gasteiger partial charge in [0.15, 0.2) is 0 Å². The van der Waals surface area contributed by atoms with Crippen LogP contribution < -0.4 is 5.32 Å². The minimum absolute atomic E-state index is 0.0531. The lowest BCUT2D eigenvalue weighted by molar-refractivity contribution is -0.116. The molecule has 1 aromatic carbocycles. The molecule has 4 nitrogen and oxygen atoms in total. The number of aromatic nitrogens is 2. The van der Waals surface area contributed by atoms with Crippen molar-refractivity contribution in [3.63, 3.8) is 0 Å². The Morgan fingerprint density at radius 2 is 2.22 bits per heavy atom. The van der Waals surface area contributed by atoms with E-state index in [4.69, 9.17) is 0 Å². The lowest BCUT2D eigenvalue weighted by Crippen LogP contribution is -2.20. The molecule has 0 atom stereocenters. The molecule has 2 rings (SSSR count). The number of aryl methyl sites for hydroxylation is 2. The van der Waals surface area contributed by atoms with Gasteiger partial charge in [-0.1, -0.05) is 25.1 Å². The molecule has 18 heavy (non-hydrogen) atoms. The van der Waals surface area contributed by atoms with E-state index in [1.54, 1.807) is 23.1 Å². The maximum Gasteiger partial charge on any atom is 0.246 e. The lowest BCUT2D eigenvalue weighted by atomic mass is 10.1. The van der Waals surface area contributed by atoms with Crippen molar-refractivity contribution in [3.05, 3.63) is 47.8 Å². The molecule has 1 aromatic heterocycles. The fourth-order valence-electron chi connectivity index (χ4n) is 1.92. The minimum atomic E-state index is -0.0531. The number of hydrogen-bond donors (Lipinski definition) is 1. The Morgan fingerprint density at radius 3 is 2.89 bits per heavy atom. The summed E-state index contributed by atoms with van der Waals surface area (Å²) in [6, 6.07) is 7.86. The quantitative estimate of drug-likeness (QED) is 0.896. The molecule has 0 spiro atoms. The van der Waals surface area contributed by atoms with Gasteiger partial charge >= 0.3 is 0 Å². The zero-order valence-electron chi connectivity index (χ0n) is 10.7. The van der Waals surface area contributed by atoms with Crippen LogP contribution in [0.15, 0.2) is 36.7 Å². The summed E-state index contributed by atoms with van der Waals surface area (Å²) in [7, 11) is 0. The van der Waals surface area contributed by atoms with Crippen molar-refractivity contribution in [2.24, 2.45) is 0 Å². The minimum Gasteiger partial charge on any atom is -0.324 e. The fourth-order valence-corrected chi connectivity index (χ4v) is 1.92. The van der Waals surface area contributed by atoms with E-state index >= 15 is 0 Å². The fraction of sp³-hybridized carbons (Fsp3) is 0.286. The summed E-state index contributed by atoms with van der Waals surface area (Å²) in [5.41, 5.74) is 3.17. The number of benzene rings is 1. The van der Waals surface area contributed by atoms with Crippen molar-refractivity contribution in [1.82, 2.24) is 9.78 Å². The predicted molar refractivity (Wildman–Crippen MR) is 71.4 cm³/mol. The summed E-state index contributed by atoms with van der Waals surface area (Å²) in [5, 5.41) is 6.99. The maximum absolute atomic E-state index is 11.9. The van der Waals surface area contributed by atoms with Gasteiger partial charge in [0.25, 0.3) is 0 Å². The van der Waals surface area contributed by atoms with Gasteiger partial charge in [-0.25, -0.2) is 0 Å². The predicted octanol–water partition coefficient (Wildman–Crippen LogP) is 2.39. The lowest BCUT2D eigenvalue weighted by Gasteiger charge is -2.12. The van der Waals surface area contributed by atoms with Crippen molar-refractivity contribution in [2.75, 3.05) is 5.32 Å². The van der Waals surface area contributed by atoms with E-state index in [1.807, 2.05) is 25.1 Å². The molecular weight excluding hydrogens is 226 g/mol. The first-order valence-corrected chi connectivity index (χ1v) is 6.06. The highest BCUT2D eigenvalue weighted by Gasteiger charge is 2.08. The second kappa shape index (κ2) is 5.49. The van der Waals surface area contributed by atoms with Crippen LogP contribution >= 0.6 is 0 Å². The van der Waals surface area contributed by atoms with Crippen LogP contribution in [-0.4, -0.2) is 15.7 Å². The molecule has 1 heterocycles. The number of rotatable bonds is 4. The summed E-state index contributed by atoms with van der Waals surface area (Å²) in [6.07, 6.45) is 4.34. The number of carbonyl (C=O) groups excluding carboxylic acids is 1. The Balaban J connectivity index is 2.11. The highest BCUT2D eigenvalue weighted by molar-refractivity contribution is 5.92. The first-order valence-electron chi connectivity index (χ1n) is 6.06. The Hall–Kier alpha value is -2.10. The molecular formula is C14H17N3O. The van der Waals surface area contributed by atoms with Crippen LogP contribution in [0.5, 0.6) is 0 Å². The van der Waals surface area contributed by atoms with Crippen molar-refractivity contribution in [1.29, 1.82) is 0 Å². The van der Waals surface area contributed by atoms with E-state index in [-0.39, 0.29) is 12.5 Å². The summed E-state index contributed by atoms with van der Waals surface area (Å²) in [4.78, 5) is 11.9. The third kappa shape index (κ3) is 2.77. The largest absolute Gasteiger partial charge is 0.324 e. The van der Waals surface area contributed by atoms with Crippen molar-refractivity contribution >= 4 is 11.6 Å². The molecule has 0 aliphatic heterocycles. The normalized spacial score (nSPS) is 10.3. The average molecular weight is 243 g/mol. The molecule has 0 radical (unpaired) electrons. The Morgan fingerprint density at radius 1 is 1.39 bits per heavy atom. The van der Waals surface area contributed by atoms with Crippen LogP contribution in [0.1, 0.15) is 18.1 Å². The molecule has 0 aliphatic carbocycles. The SMILES string of the molecule is CCc1cccc(C)c1NC(=O)Cn1cccn1. The first-order chi connectivity index (χ1) is 8.70. The average Bonchev–Trinajstić information content (AvgIpc) is 2.84. The second-order valence-corrected chi connectivity index (χ2v) is 4.21. The monoisotopic (exact) mass is 243 g/mol. The van der Waals surface area contributed by atoms with Crippen LogP contribution in [0.4, 0.5) is 5.69 Å². The topological polar surface area (TPSA) is 46.9 Å². The Kier molecular flexibility index (Phi) is 3.77. The summed E-state index contributed by atoms with van der Waals surface area (Å²) in [5.74, 6) is -0.0531. The smallest absolute Gasteiger partial charge is 0.246 e. The number of para-hydroxylation sites is 1. The van der Waals surface area contributed by atoms with Crippen LogP contribution in [0.2, 0.25) is 0 Å². The van der Waals surface area contributed by atoms with Gasteiger partial charge in [-0.15, -0.1) is 0 Å². The third-order valence-electron chi connectivity index (χ3n) is 2.87. The first kappa shape index (κ1) is 12.4. The van der Waals surface area contributed by atoms with Crippen molar-refractivity contribution < 1.29 is 4.79 Å². The van der Waals surface area contributed by atoms with Crippen molar-refractivity contribution in [2.45, 2.75) is 26.8 Å². The van der Waals surface area contributed by atoms with Gasteiger partial charge < -0.3 is 5.32 Å². The molecule has 2 aromatic rings. The molecule has 0 aliphatic rings. The number of nitrogens with zero attached hydrogens (tertiary/aromatic N) is 2. The zero-order valence-corrected chi connectivity index (χ0v) is 10.7. The number of carbonyl (C=O) groups is 1. The second-order valence-electron chi connectivity index (χ2n) is 4.21. The molecule has 4 heteroatoms. The van der Waals surface area contributed by atoms with Crippen LogP contribution in [0.3, 0.4) is 0 Å². The van der Waals surface area contributed by atoms with Gasteiger partial charge in [0, 0.05) is 18.1 Å². The summed E-state index contributed by atoms with van der Waals surface area (Å²) < 4.78 is 1.61. The number of nitrogens with one attached hydrogen (secondary N) is 1. The zero-order chi connectivity index (χ0) is 13.0. The number of hydrogen-bond acceptors (Lipinski definition) is 2. The van der Waals surface area contributed by atoms with E-state index in [1.165, 1.54) is 0 Å². The standard InChI is InChI=1S/C14H17N3O/c1-3-12-7-4-6-11(2)14(12)16-13(18)10-17-9-5-8-15-17/h4-9H,3,10H2,1-2H3,(H,16,18). The van der Waals surface area contributed by atoms with Crippen LogP contribution in [-0.2, 0) is 17.8 Å². The summed E-state index contributed by atoms with van der Waals surface area (Å²) >= 11 is 0. The highest BCUT2D eigenvalue weighted by Crippen LogP contribution is 2.20. The molecule has 1 N–H and O–H groups in total. The summed E-state index contributed by atoms with van der Waals surface area (Å²) in [6.45, 7) is 4.32. The van der Waals surface area contributed by atoms with E-state index < -0.39 is 0 Å². The van der Waals surface area contributed by atoms with Crippen molar-refractivity contribution in [3.8, 4) is 0 Å². The van der Waals surface area contributed by atoms with E-state index in [0.717, 1.165) is 23.2 Å². The van der Waals surface area contributed by atoms with Gasteiger partial charge in [0.05, 0.1) is 0 Å². The van der Waals surface area contributed by atoms with Gasteiger partial charge in [0.1, 0.15) is 6.54 Å². The highest BCUT2D eigenvalue weighted by atomic mass is 16.2. The Bertz CT molecular complexity index is 532. The Labute approximate surface area is 107 Å². The van der Waals surface area contributed by atoms with Gasteiger partial charge in [-0.05, 0) is 30.5 Å². The molecule has 1 amide bonds. The molecule has 94 valence electrons. The van der Waals surface area contributed by atoms with Crippen LogP contribution in [0.25, 0.3) is 0 Å². The number of amides is 1. The van der Waals surface area contributed by atoms with Gasteiger partial charge in [0.2, 0.25) is 5.91 Å². The third-order valence-corrected chi connectivity index (χ3v) is 2.87. The van der Waals surface area contributed by atoms with E-state index in [0.29, 0.717) is 0 Å². The molecule has 0 unspecified atom stereocenters. The van der Waals surface area contributed by atoms with Gasteiger partial charge in [-0.3, -0.25) is 9.48 Å². The molecule has 0 saturated carbocycles. The molecule has 0 bridgehead atoms. The van der Waals surface area contributed by atoms with E-state index in [9.17, 15) is 4.79 Å². The molecule has 0 saturated heterocycles. The van der Waals surface area contributed by atoms with E-state index in [2.05, 4.69) is 17.3 Å². The number of anilines is 1. The maximum atomic E-state index is 11.9. The molecule has 0 fully saturated rings. The van der Waals surface area contributed by atoms with Gasteiger partial charge in [-0.2, -0.15) is 5.10 Å². The van der Waals surface area contributed by atoms with Crippen LogP contribution in [0, 0.1) is 6.92 Å².